The number of amides is 1. The van der Waals surface area contributed by atoms with Gasteiger partial charge in [-0.25, -0.2) is 13.8 Å². The summed E-state index contributed by atoms with van der Waals surface area (Å²) < 4.78 is 73.1. The Morgan fingerprint density at radius 2 is 1.76 bits per heavy atom. The van der Waals surface area contributed by atoms with Crippen molar-refractivity contribution in [3.8, 4) is 16.9 Å². The molecule has 0 aromatic heterocycles. The molecule has 1 amide bonds. The first-order valence-electron chi connectivity index (χ1n) is 11.3. The van der Waals surface area contributed by atoms with Crippen molar-refractivity contribution < 1.29 is 36.0 Å². The van der Waals surface area contributed by atoms with E-state index in [0.29, 0.717) is 5.56 Å². The van der Waals surface area contributed by atoms with Gasteiger partial charge in [0.2, 0.25) is 0 Å². The van der Waals surface area contributed by atoms with Crippen molar-refractivity contribution in [1.82, 2.24) is 4.90 Å². The van der Waals surface area contributed by atoms with E-state index in [0.717, 1.165) is 11.0 Å². The lowest BCUT2D eigenvalue weighted by Gasteiger charge is -2.27. The zero-order valence-electron chi connectivity index (χ0n) is 20.7. The van der Waals surface area contributed by atoms with E-state index in [9.17, 15) is 22.2 Å². The van der Waals surface area contributed by atoms with Gasteiger partial charge in [0.05, 0.1) is 19.3 Å². The fourth-order valence-corrected chi connectivity index (χ4v) is 5.29. The van der Waals surface area contributed by atoms with Gasteiger partial charge in [-0.1, -0.05) is 42.5 Å². The predicted molar refractivity (Wildman–Crippen MR) is 136 cm³/mol. The molecule has 2 unspecified atom stereocenters. The van der Waals surface area contributed by atoms with E-state index in [1.165, 1.54) is 69.8 Å². The van der Waals surface area contributed by atoms with Gasteiger partial charge in [-0.15, -0.1) is 0 Å². The van der Waals surface area contributed by atoms with E-state index in [2.05, 4.69) is 4.99 Å². The normalized spacial score (nSPS) is 18.4. The maximum atomic E-state index is 15.1. The number of hydrogen-bond acceptors (Lipinski definition) is 7. The first-order valence-corrected chi connectivity index (χ1v) is 12.8. The molecule has 4 rings (SSSR count). The Morgan fingerprint density at radius 1 is 1.08 bits per heavy atom. The van der Waals surface area contributed by atoms with Crippen molar-refractivity contribution in [3.63, 3.8) is 0 Å². The smallest absolute Gasteiger partial charge is 0.274 e. The number of carbonyl (C=O) groups excluding carboxylic acids is 1. The molecule has 12 heteroatoms. The molecule has 1 aliphatic heterocycles. The molecule has 1 aliphatic rings. The molecule has 38 heavy (non-hydrogen) atoms. The fraction of sp³-hybridized carbons (Fsp3) is 0.231. The van der Waals surface area contributed by atoms with E-state index in [1.54, 1.807) is 6.07 Å². The molecule has 2 atom stereocenters. The summed E-state index contributed by atoms with van der Waals surface area (Å²) in [4.78, 5) is 19.2. The summed E-state index contributed by atoms with van der Waals surface area (Å²) in [6, 6.07) is 14.1. The second-order valence-corrected chi connectivity index (χ2v) is 10.2. The monoisotopic (exact) mass is 545 g/mol. The minimum atomic E-state index is -4.49. The number of carbonyl (C=O) groups is 1. The van der Waals surface area contributed by atoms with Crippen LogP contribution in [0, 0.1) is 11.6 Å². The number of rotatable bonds is 8. The number of likely N-dealkylation sites (N-methyl/N-ethyl adjacent to an activating group) is 1. The van der Waals surface area contributed by atoms with Crippen LogP contribution in [-0.2, 0) is 25.2 Å². The third kappa shape index (κ3) is 4.51. The maximum Gasteiger partial charge on any atom is 0.274 e. The SMILES string of the molecule is COCC(c1ccc(C2(c3cccc(-c4c(F)ccc(OC)c4F)c3)N=C(N)N(C)C2=O)cc1)S(=O)(=O)O. The van der Waals surface area contributed by atoms with Crippen molar-refractivity contribution >= 4 is 22.0 Å². The van der Waals surface area contributed by atoms with Crippen molar-refractivity contribution in [2.45, 2.75) is 10.8 Å². The topological polar surface area (TPSA) is 132 Å². The van der Waals surface area contributed by atoms with E-state index in [4.69, 9.17) is 15.2 Å². The van der Waals surface area contributed by atoms with Crippen LogP contribution in [0.4, 0.5) is 8.78 Å². The average molecular weight is 546 g/mol. The molecule has 200 valence electrons. The number of aliphatic imine (C=N–C) groups is 1. The van der Waals surface area contributed by atoms with Crippen LogP contribution in [-0.4, -0.2) is 57.6 Å². The van der Waals surface area contributed by atoms with Crippen molar-refractivity contribution in [3.05, 3.63) is 89.0 Å². The Kier molecular flexibility index (Phi) is 7.24. The molecule has 0 spiro atoms. The van der Waals surface area contributed by atoms with E-state index < -0.39 is 38.4 Å². The molecule has 3 aromatic rings. The number of methoxy groups -OCH3 is 2. The highest BCUT2D eigenvalue weighted by Gasteiger charge is 2.49. The van der Waals surface area contributed by atoms with Crippen LogP contribution >= 0.6 is 0 Å². The summed E-state index contributed by atoms with van der Waals surface area (Å²) in [5.41, 5.74) is 4.88. The molecule has 0 bridgehead atoms. The summed E-state index contributed by atoms with van der Waals surface area (Å²) in [5.74, 6) is -2.50. The van der Waals surface area contributed by atoms with Gasteiger partial charge in [0.25, 0.3) is 16.0 Å². The molecule has 0 radical (unpaired) electrons. The second kappa shape index (κ2) is 10.1. The Morgan fingerprint density at radius 3 is 2.32 bits per heavy atom. The molecule has 0 saturated carbocycles. The van der Waals surface area contributed by atoms with Crippen molar-refractivity contribution in [1.29, 1.82) is 0 Å². The lowest BCUT2D eigenvalue weighted by atomic mass is 9.81. The molecule has 9 nitrogen and oxygen atoms in total. The number of nitrogens with zero attached hydrogens (tertiary/aromatic N) is 2. The summed E-state index contributed by atoms with van der Waals surface area (Å²) in [6.45, 7) is -0.296. The highest BCUT2D eigenvalue weighted by atomic mass is 32.2. The van der Waals surface area contributed by atoms with E-state index in [1.807, 2.05) is 0 Å². The molecular weight excluding hydrogens is 520 g/mol. The summed E-state index contributed by atoms with van der Waals surface area (Å²) in [6.07, 6.45) is 0. The van der Waals surface area contributed by atoms with Crippen molar-refractivity contribution in [2.24, 2.45) is 10.7 Å². The van der Waals surface area contributed by atoms with Crippen LogP contribution in [0.2, 0.25) is 0 Å². The van der Waals surface area contributed by atoms with Gasteiger partial charge in [0.15, 0.2) is 23.1 Å². The Balaban J connectivity index is 1.90. The van der Waals surface area contributed by atoms with Gasteiger partial charge in [-0.05, 0) is 40.5 Å². The number of halogens is 2. The van der Waals surface area contributed by atoms with Gasteiger partial charge in [0.1, 0.15) is 11.1 Å². The Hall–Kier alpha value is -3.87. The molecule has 0 saturated heterocycles. The van der Waals surface area contributed by atoms with E-state index >= 15 is 4.39 Å². The number of hydrogen-bond donors (Lipinski definition) is 2. The first-order chi connectivity index (χ1) is 17.9. The van der Waals surface area contributed by atoms with Gasteiger partial charge in [-0.2, -0.15) is 8.42 Å². The lowest BCUT2D eigenvalue weighted by molar-refractivity contribution is -0.129. The number of guanidine groups is 1. The fourth-order valence-electron chi connectivity index (χ4n) is 4.48. The Bertz CT molecular complexity index is 1530. The summed E-state index contributed by atoms with van der Waals surface area (Å²) >= 11 is 0. The highest BCUT2D eigenvalue weighted by Crippen LogP contribution is 2.42. The minimum Gasteiger partial charge on any atom is -0.494 e. The van der Waals surface area contributed by atoms with Gasteiger partial charge in [0, 0.05) is 14.2 Å². The minimum absolute atomic E-state index is 0.0848. The van der Waals surface area contributed by atoms with Crippen LogP contribution in [0.25, 0.3) is 11.1 Å². The quantitative estimate of drug-likeness (QED) is 0.416. The van der Waals surface area contributed by atoms with Crippen LogP contribution in [0.15, 0.2) is 65.7 Å². The third-order valence-electron chi connectivity index (χ3n) is 6.46. The van der Waals surface area contributed by atoms with Gasteiger partial charge < -0.3 is 15.2 Å². The lowest BCUT2D eigenvalue weighted by Crippen LogP contribution is -2.41. The van der Waals surface area contributed by atoms with Crippen LogP contribution < -0.4 is 10.5 Å². The largest absolute Gasteiger partial charge is 0.494 e. The number of nitrogens with two attached hydrogens (primary N) is 1. The van der Waals surface area contributed by atoms with E-state index in [-0.39, 0.29) is 40.6 Å². The summed E-state index contributed by atoms with van der Waals surface area (Å²) in [7, 11) is -0.485. The molecule has 1 heterocycles. The molecule has 0 aliphatic carbocycles. The zero-order chi connectivity index (χ0) is 27.8. The summed E-state index contributed by atoms with van der Waals surface area (Å²) in [5, 5.41) is -1.35. The average Bonchev–Trinajstić information content (AvgIpc) is 3.12. The standard InChI is InChI=1S/C26H25F2N3O6S/c1-31-24(32)26(30-25(31)29,17-9-7-15(8-10-17)21(14-36-2)38(33,34)35)18-6-4-5-16(13-18)22-19(27)11-12-20(37-3)23(22)28/h4-13,21H,14H2,1-3H3,(H2,29,30)(H,33,34,35). The second-order valence-electron chi connectivity index (χ2n) is 8.64. The third-order valence-corrected chi connectivity index (χ3v) is 7.59. The first kappa shape index (κ1) is 27.2. The maximum absolute atomic E-state index is 15.1. The number of ether oxygens (including phenoxy) is 2. The van der Waals surface area contributed by atoms with Crippen LogP contribution in [0.3, 0.4) is 0 Å². The van der Waals surface area contributed by atoms with Gasteiger partial charge >= 0.3 is 0 Å². The van der Waals surface area contributed by atoms with Crippen LogP contribution in [0.5, 0.6) is 5.75 Å². The molecule has 3 N–H and O–H groups in total. The molecular formula is C26H25F2N3O6S. The van der Waals surface area contributed by atoms with Crippen LogP contribution in [0.1, 0.15) is 21.9 Å². The van der Waals surface area contributed by atoms with Gasteiger partial charge in [-0.3, -0.25) is 14.2 Å². The Labute approximate surface area is 218 Å². The number of benzene rings is 3. The zero-order valence-corrected chi connectivity index (χ0v) is 21.5. The van der Waals surface area contributed by atoms with Crippen molar-refractivity contribution in [2.75, 3.05) is 27.9 Å². The molecule has 0 fully saturated rings. The highest BCUT2D eigenvalue weighted by molar-refractivity contribution is 7.86. The molecule has 3 aromatic carbocycles. The predicted octanol–water partition coefficient (Wildman–Crippen LogP) is 3.25.